The van der Waals surface area contributed by atoms with Crippen molar-refractivity contribution in [1.29, 1.82) is 0 Å². The number of rotatable bonds is 1. The molecule has 3 rings (SSSR count). The number of imide groups is 1. The minimum Gasteiger partial charge on any atom is -0.389 e. The molecule has 1 aromatic carbocycles. The second-order valence-electron chi connectivity index (χ2n) is 4.77. The Hall–Kier alpha value is -1.98. The van der Waals surface area contributed by atoms with E-state index in [0.717, 1.165) is 4.90 Å². The highest BCUT2D eigenvalue weighted by Crippen LogP contribution is 2.29. The maximum absolute atomic E-state index is 12.2. The largest absolute Gasteiger partial charge is 0.389 e. The summed E-state index contributed by atoms with van der Waals surface area (Å²) in [4.78, 5) is 25.6. The number of hydrogen-bond donors (Lipinski definition) is 2. The molecule has 1 aliphatic heterocycles. The molecule has 98 valence electrons. The summed E-state index contributed by atoms with van der Waals surface area (Å²) in [6, 6.07) is 5.86. The highest BCUT2D eigenvalue weighted by molar-refractivity contribution is 6.21. The molecule has 0 spiro atoms. The first-order valence-corrected chi connectivity index (χ1v) is 6.11. The van der Waals surface area contributed by atoms with Crippen LogP contribution in [0.15, 0.2) is 36.4 Å². The molecule has 3 atom stereocenters. The molecule has 5 nitrogen and oxygen atoms in total. The van der Waals surface area contributed by atoms with Gasteiger partial charge in [-0.05, 0) is 12.1 Å². The molecule has 2 N–H and O–H groups in total. The van der Waals surface area contributed by atoms with Gasteiger partial charge >= 0.3 is 0 Å². The first kappa shape index (κ1) is 12.1. The van der Waals surface area contributed by atoms with Crippen LogP contribution in [-0.4, -0.2) is 45.2 Å². The van der Waals surface area contributed by atoms with Gasteiger partial charge in [0.05, 0.1) is 29.4 Å². The van der Waals surface area contributed by atoms with Crippen LogP contribution in [0.25, 0.3) is 0 Å². The molecule has 5 heteroatoms. The summed E-state index contributed by atoms with van der Waals surface area (Å²) in [6.07, 6.45) is 1.36. The smallest absolute Gasteiger partial charge is 0.261 e. The molecular formula is C14H13NO4. The number of hydrogen-bond acceptors (Lipinski definition) is 4. The van der Waals surface area contributed by atoms with E-state index < -0.39 is 30.1 Å². The Labute approximate surface area is 109 Å². The molecule has 2 aliphatic rings. The van der Waals surface area contributed by atoms with Gasteiger partial charge < -0.3 is 10.2 Å². The lowest BCUT2D eigenvalue weighted by atomic mass is 9.95. The number of carbonyl (C=O) groups excluding carboxylic acids is 2. The van der Waals surface area contributed by atoms with Crippen molar-refractivity contribution in [3.63, 3.8) is 0 Å². The van der Waals surface area contributed by atoms with Crippen LogP contribution in [0.4, 0.5) is 0 Å². The van der Waals surface area contributed by atoms with Crippen LogP contribution in [0.1, 0.15) is 27.1 Å². The van der Waals surface area contributed by atoms with Gasteiger partial charge in [-0.3, -0.25) is 14.5 Å². The molecule has 0 bridgehead atoms. The standard InChI is InChI=1S/C14H13NO4/c16-8-5-6-12(17)11(7-8)15-13(18)9-3-1-2-4-10(9)14(15)19/h1-6,8,11-12,16-17H,7H2/t8-,11-,12+/m0/s1. The van der Waals surface area contributed by atoms with Crippen molar-refractivity contribution < 1.29 is 19.8 Å². The predicted octanol–water partition coefficient (Wildman–Crippen LogP) is 0.333. The second kappa shape index (κ2) is 4.29. The number of amides is 2. The Balaban J connectivity index is 1.98. The maximum Gasteiger partial charge on any atom is 0.261 e. The van der Waals surface area contributed by atoms with Crippen molar-refractivity contribution in [3.05, 3.63) is 47.5 Å². The summed E-state index contributed by atoms with van der Waals surface area (Å²) in [6.45, 7) is 0. The third-order valence-corrected chi connectivity index (χ3v) is 3.56. The third-order valence-electron chi connectivity index (χ3n) is 3.56. The Morgan fingerprint density at radius 2 is 1.58 bits per heavy atom. The molecule has 0 saturated heterocycles. The lowest BCUT2D eigenvalue weighted by Crippen LogP contribution is -2.49. The number of nitrogens with zero attached hydrogens (tertiary/aromatic N) is 1. The molecule has 19 heavy (non-hydrogen) atoms. The van der Waals surface area contributed by atoms with Crippen LogP contribution in [0.3, 0.4) is 0 Å². The highest BCUT2D eigenvalue weighted by Gasteiger charge is 2.43. The first-order chi connectivity index (χ1) is 9.09. The molecule has 0 aromatic heterocycles. The van der Waals surface area contributed by atoms with E-state index in [4.69, 9.17) is 0 Å². The summed E-state index contributed by atoms with van der Waals surface area (Å²) in [5.41, 5.74) is 0.701. The molecule has 0 radical (unpaired) electrons. The van der Waals surface area contributed by atoms with Crippen molar-refractivity contribution in [2.45, 2.75) is 24.7 Å². The lowest BCUT2D eigenvalue weighted by Gasteiger charge is -2.32. The number of carbonyl (C=O) groups is 2. The van der Waals surface area contributed by atoms with Crippen LogP contribution in [0.5, 0.6) is 0 Å². The quantitative estimate of drug-likeness (QED) is 0.563. The minimum absolute atomic E-state index is 0.156. The van der Waals surface area contributed by atoms with Crippen molar-refractivity contribution in [3.8, 4) is 0 Å². The molecule has 1 aromatic rings. The minimum atomic E-state index is -0.939. The maximum atomic E-state index is 12.2. The van der Waals surface area contributed by atoms with E-state index in [1.807, 2.05) is 0 Å². The molecule has 0 unspecified atom stereocenters. The zero-order chi connectivity index (χ0) is 13.6. The summed E-state index contributed by atoms with van der Waals surface area (Å²) >= 11 is 0. The fourth-order valence-electron chi connectivity index (χ4n) is 2.60. The fourth-order valence-corrected chi connectivity index (χ4v) is 2.60. The van der Waals surface area contributed by atoms with Crippen molar-refractivity contribution in [2.24, 2.45) is 0 Å². The Morgan fingerprint density at radius 3 is 2.16 bits per heavy atom. The lowest BCUT2D eigenvalue weighted by molar-refractivity contribution is 0.0299. The Kier molecular flexibility index (Phi) is 2.73. The molecule has 0 saturated carbocycles. The van der Waals surface area contributed by atoms with Crippen molar-refractivity contribution >= 4 is 11.8 Å². The van der Waals surface area contributed by atoms with Crippen LogP contribution in [0.2, 0.25) is 0 Å². The highest BCUT2D eigenvalue weighted by atomic mass is 16.3. The van der Waals surface area contributed by atoms with Gasteiger partial charge in [-0.15, -0.1) is 0 Å². The van der Waals surface area contributed by atoms with Gasteiger partial charge in [0.15, 0.2) is 0 Å². The Morgan fingerprint density at radius 1 is 1.00 bits per heavy atom. The van der Waals surface area contributed by atoms with Crippen molar-refractivity contribution in [2.75, 3.05) is 0 Å². The molecular weight excluding hydrogens is 246 g/mol. The van der Waals surface area contributed by atoms with Crippen LogP contribution in [0, 0.1) is 0 Å². The summed E-state index contributed by atoms with van der Waals surface area (Å²) in [7, 11) is 0. The van der Waals surface area contributed by atoms with Gasteiger partial charge in [-0.25, -0.2) is 0 Å². The van der Waals surface area contributed by atoms with E-state index in [-0.39, 0.29) is 6.42 Å². The van der Waals surface area contributed by atoms with E-state index in [9.17, 15) is 19.8 Å². The molecule has 1 heterocycles. The van der Waals surface area contributed by atoms with E-state index in [0.29, 0.717) is 11.1 Å². The third kappa shape index (κ3) is 1.78. The zero-order valence-electron chi connectivity index (χ0n) is 10.1. The second-order valence-corrected chi connectivity index (χ2v) is 4.77. The van der Waals surface area contributed by atoms with Gasteiger partial charge in [0.1, 0.15) is 0 Å². The number of aliphatic hydroxyl groups is 2. The van der Waals surface area contributed by atoms with Crippen LogP contribution in [-0.2, 0) is 0 Å². The predicted molar refractivity (Wildman–Crippen MR) is 66.5 cm³/mol. The average molecular weight is 259 g/mol. The van der Waals surface area contributed by atoms with Gasteiger partial charge in [-0.2, -0.15) is 0 Å². The monoisotopic (exact) mass is 259 g/mol. The van der Waals surface area contributed by atoms with E-state index in [2.05, 4.69) is 0 Å². The first-order valence-electron chi connectivity index (χ1n) is 6.11. The SMILES string of the molecule is O=C1c2ccccc2C(=O)N1[C@H]1C[C@@H](O)C=C[C@H]1O. The van der Waals surface area contributed by atoms with Crippen LogP contribution < -0.4 is 0 Å². The fraction of sp³-hybridized carbons (Fsp3) is 0.286. The van der Waals surface area contributed by atoms with Gasteiger partial charge in [0, 0.05) is 6.42 Å². The topological polar surface area (TPSA) is 77.8 Å². The van der Waals surface area contributed by atoms with Gasteiger partial charge in [0.2, 0.25) is 0 Å². The summed E-state index contributed by atoms with van der Waals surface area (Å²) in [5, 5.41) is 19.5. The summed E-state index contributed by atoms with van der Waals surface area (Å²) < 4.78 is 0. The normalized spacial score (nSPS) is 29.8. The summed E-state index contributed by atoms with van der Waals surface area (Å²) in [5.74, 6) is -0.820. The van der Waals surface area contributed by atoms with E-state index in [1.54, 1.807) is 24.3 Å². The van der Waals surface area contributed by atoms with E-state index in [1.165, 1.54) is 12.2 Å². The number of aliphatic hydroxyl groups excluding tert-OH is 2. The number of benzene rings is 1. The zero-order valence-corrected chi connectivity index (χ0v) is 10.1. The Bertz CT molecular complexity index is 546. The van der Waals surface area contributed by atoms with Gasteiger partial charge in [0.25, 0.3) is 11.8 Å². The van der Waals surface area contributed by atoms with Crippen LogP contribution >= 0.6 is 0 Å². The number of fused-ring (bicyclic) bond motifs is 1. The molecule has 1 aliphatic carbocycles. The molecule has 2 amide bonds. The van der Waals surface area contributed by atoms with Crippen molar-refractivity contribution in [1.82, 2.24) is 4.90 Å². The van der Waals surface area contributed by atoms with E-state index >= 15 is 0 Å². The average Bonchev–Trinajstić information content (AvgIpc) is 2.66. The molecule has 0 fully saturated rings. The van der Waals surface area contributed by atoms with Gasteiger partial charge in [-0.1, -0.05) is 24.3 Å².